The maximum atomic E-state index is 6.10. The molecule has 1 fully saturated rings. The summed E-state index contributed by atoms with van der Waals surface area (Å²) in [5.74, 6) is 0.782. The lowest BCUT2D eigenvalue weighted by molar-refractivity contribution is 0.0792. The summed E-state index contributed by atoms with van der Waals surface area (Å²) in [5, 5.41) is 13.9. The minimum atomic E-state index is -1.14. The van der Waals surface area contributed by atoms with Crippen LogP contribution < -0.4 is 5.32 Å². The van der Waals surface area contributed by atoms with Gasteiger partial charge in [0.1, 0.15) is 6.73 Å². The second kappa shape index (κ2) is 9.41. The van der Waals surface area contributed by atoms with Gasteiger partial charge in [-0.25, -0.2) is 4.68 Å². The first-order valence-corrected chi connectivity index (χ1v) is 17.6. The van der Waals surface area contributed by atoms with Crippen molar-refractivity contribution in [1.82, 2.24) is 24.5 Å². The number of hydrogen-bond donors (Lipinski definition) is 1. The first-order valence-electron chi connectivity index (χ1n) is 13.1. The summed E-state index contributed by atoms with van der Waals surface area (Å²) in [7, 11) is -1.14. The predicted octanol–water partition coefficient (Wildman–Crippen LogP) is 5.99. The molecule has 3 aliphatic carbocycles. The molecule has 0 spiro atoms. The Hall–Kier alpha value is -2.10. The number of nitrogens with one attached hydrogen (secondary N) is 1. The fourth-order valence-corrected chi connectivity index (χ4v) is 6.67. The van der Waals surface area contributed by atoms with E-state index in [0.717, 1.165) is 41.5 Å². The van der Waals surface area contributed by atoms with Crippen LogP contribution in [0, 0.1) is 0 Å². The number of aromatic nitrogens is 5. The molecule has 2 heterocycles. The summed E-state index contributed by atoms with van der Waals surface area (Å²) in [6, 6.07) is 4.19. The average Bonchev–Trinajstić information content (AvgIpc) is 3.20. The summed E-state index contributed by atoms with van der Waals surface area (Å²) in [4.78, 5) is 6.03. The van der Waals surface area contributed by atoms with E-state index < -0.39 is 8.07 Å². The molecule has 2 aromatic heterocycles. The molecule has 0 saturated heterocycles. The van der Waals surface area contributed by atoms with Gasteiger partial charge in [-0.2, -0.15) is 10.1 Å². The quantitative estimate of drug-likeness (QED) is 0.268. The maximum Gasteiger partial charge on any atom is 0.228 e. The Morgan fingerprint density at radius 1 is 1.09 bits per heavy atom. The van der Waals surface area contributed by atoms with Gasteiger partial charge in [-0.3, -0.25) is 4.68 Å². The van der Waals surface area contributed by atoms with Crippen molar-refractivity contribution in [3.8, 4) is 0 Å². The molecule has 186 valence electrons. The highest BCUT2D eigenvalue weighted by molar-refractivity contribution is 7.99. The van der Waals surface area contributed by atoms with Crippen LogP contribution in [0.15, 0.2) is 28.5 Å². The van der Waals surface area contributed by atoms with Gasteiger partial charge in [0.25, 0.3) is 0 Å². The standard InChI is InChI=1S/C26H36N6OSSi/c1-35(2,3)13-12-33-17-32-25(29-26(30-32)34-21-15-27-31(16-21)20-10-11-20)28-24-22-8-4-6-18(22)14-19-7-5-9-23(19)24/h14-16,20H,4-13,17H2,1-3H3,(H,28,29,30). The molecule has 0 aliphatic heterocycles. The van der Waals surface area contributed by atoms with Gasteiger partial charge in [-0.1, -0.05) is 25.7 Å². The van der Waals surface area contributed by atoms with E-state index in [0.29, 0.717) is 12.8 Å². The van der Waals surface area contributed by atoms with E-state index in [2.05, 4.69) is 47.0 Å². The average molecular weight is 509 g/mol. The first-order chi connectivity index (χ1) is 16.9. The fourth-order valence-electron chi connectivity index (χ4n) is 5.17. The van der Waals surface area contributed by atoms with Gasteiger partial charge < -0.3 is 10.1 Å². The Morgan fingerprint density at radius 2 is 1.83 bits per heavy atom. The minimum absolute atomic E-state index is 0.416. The number of benzene rings is 1. The molecule has 1 saturated carbocycles. The maximum absolute atomic E-state index is 6.10. The first kappa shape index (κ1) is 23.3. The Labute approximate surface area is 213 Å². The lowest BCUT2D eigenvalue weighted by Gasteiger charge is -2.18. The van der Waals surface area contributed by atoms with Crippen molar-refractivity contribution in [2.45, 2.75) is 99.9 Å². The zero-order valence-corrected chi connectivity index (χ0v) is 23.0. The highest BCUT2D eigenvalue weighted by Crippen LogP contribution is 2.40. The van der Waals surface area contributed by atoms with Gasteiger partial charge in [0.2, 0.25) is 11.1 Å². The van der Waals surface area contributed by atoms with Crippen LogP contribution in [0.25, 0.3) is 0 Å². The van der Waals surface area contributed by atoms with Crippen molar-refractivity contribution in [1.29, 1.82) is 0 Å². The van der Waals surface area contributed by atoms with Gasteiger partial charge >= 0.3 is 0 Å². The molecule has 0 atom stereocenters. The third kappa shape index (κ3) is 5.22. The van der Waals surface area contributed by atoms with Gasteiger partial charge in [0.05, 0.1) is 17.1 Å². The predicted molar refractivity (Wildman–Crippen MR) is 143 cm³/mol. The van der Waals surface area contributed by atoms with E-state index in [1.54, 1.807) is 11.8 Å². The Kier molecular flexibility index (Phi) is 6.26. The summed E-state index contributed by atoms with van der Waals surface area (Å²) < 4.78 is 10.1. The molecule has 1 aromatic carbocycles. The number of fused-ring (bicyclic) bond motifs is 2. The van der Waals surface area contributed by atoms with Crippen molar-refractivity contribution < 1.29 is 4.74 Å². The van der Waals surface area contributed by atoms with E-state index in [1.165, 1.54) is 66.5 Å². The molecule has 7 nitrogen and oxygen atoms in total. The largest absolute Gasteiger partial charge is 0.359 e. The fraction of sp³-hybridized carbons (Fsp3) is 0.577. The van der Waals surface area contributed by atoms with Crippen LogP contribution in [0.5, 0.6) is 0 Å². The third-order valence-corrected chi connectivity index (χ3v) is 9.79. The smallest absolute Gasteiger partial charge is 0.228 e. The zero-order valence-electron chi connectivity index (χ0n) is 21.1. The van der Waals surface area contributed by atoms with Crippen LogP contribution in [0.2, 0.25) is 25.7 Å². The topological polar surface area (TPSA) is 69.8 Å². The van der Waals surface area contributed by atoms with Crippen LogP contribution >= 0.6 is 11.8 Å². The Morgan fingerprint density at radius 3 is 2.51 bits per heavy atom. The lowest BCUT2D eigenvalue weighted by Crippen LogP contribution is -2.22. The van der Waals surface area contributed by atoms with Crippen LogP contribution in [-0.4, -0.2) is 39.2 Å². The normalized spacial score (nSPS) is 17.1. The number of rotatable bonds is 10. The number of hydrogen-bond acceptors (Lipinski definition) is 6. The van der Waals surface area contributed by atoms with Crippen molar-refractivity contribution in [2.75, 3.05) is 11.9 Å². The lowest BCUT2D eigenvalue weighted by atomic mass is 9.99. The number of nitrogens with zero attached hydrogens (tertiary/aromatic N) is 5. The summed E-state index contributed by atoms with van der Waals surface area (Å²) >= 11 is 1.58. The highest BCUT2D eigenvalue weighted by Gasteiger charge is 2.26. The summed E-state index contributed by atoms with van der Waals surface area (Å²) in [5.41, 5.74) is 7.31. The summed E-state index contributed by atoms with van der Waals surface area (Å²) in [6.45, 7) is 8.32. The molecule has 1 N–H and O–H groups in total. The van der Waals surface area contributed by atoms with Crippen molar-refractivity contribution >= 4 is 31.5 Å². The van der Waals surface area contributed by atoms with Crippen LogP contribution in [0.4, 0.5) is 11.6 Å². The van der Waals surface area contributed by atoms with Gasteiger partial charge in [0, 0.05) is 26.6 Å². The van der Waals surface area contributed by atoms with Crippen molar-refractivity contribution in [3.63, 3.8) is 0 Å². The van der Waals surface area contributed by atoms with Crippen LogP contribution in [0.1, 0.15) is 54.0 Å². The molecular formula is C26H36N6OSSi. The molecule has 9 heteroatoms. The molecular weight excluding hydrogens is 472 g/mol. The van der Waals surface area contributed by atoms with E-state index in [1.807, 2.05) is 10.9 Å². The second-order valence-corrected chi connectivity index (χ2v) is 18.1. The van der Waals surface area contributed by atoms with E-state index >= 15 is 0 Å². The molecule has 0 bridgehead atoms. The highest BCUT2D eigenvalue weighted by atomic mass is 32.2. The van der Waals surface area contributed by atoms with Gasteiger partial charge in [-0.05, 0) is 91.4 Å². The number of ether oxygens (including phenoxy) is 1. The van der Waals surface area contributed by atoms with E-state index in [4.69, 9.17) is 14.8 Å². The Bertz CT molecular complexity index is 1190. The van der Waals surface area contributed by atoms with E-state index in [9.17, 15) is 0 Å². The van der Waals surface area contributed by atoms with Gasteiger partial charge in [-0.15, -0.1) is 5.10 Å². The number of aryl methyl sites for hydroxylation is 2. The van der Waals surface area contributed by atoms with Crippen molar-refractivity contribution in [2.24, 2.45) is 0 Å². The van der Waals surface area contributed by atoms with Crippen LogP contribution in [-0.2, 0) is 37.2 Å². The third-order valence-electron chi connectivity index (χ3n) is 7.28. The SMILES string of the molecule is C[Si](C)(C)CCOCn1nc(Sc2cnn(C3CC3)c2)nc1Nc1c2c(cc3c1CCC3)CCC2. The summed E-state index contributed by atoms with van der Waals surface area (Å²) in [6.07, 6.45) is 13.7. The van der Waals surface area contributed by atoms with Crippen LogP contribution in [0.3, 0.4) is 0 Å². The zero-order chi connectivity index (χ0) is 24.0. The number of anilines is 2. The molecule has 35 heavy (non-hydrogen) atoms. The molecule has 3 aliphatic rings. The molecule has 3 aromatic rings. The Balaban J connectivity index is 1.26. The molecule has 6 rings (SSSR count). The molecule has 0 amide bonds. The minimum Gasteiger partial charge on any atom is -0.359 e. The van der Waals surface area contributed by atoms with Gasteiger partial charge in [0.15, 0.2) is 0 Å². The monoisotopic (exact) mass is 508 g/mol. The second-order valence-electron chi connectivity index (χ2n) is 11.4. The van der Waals surface area contributed by atoms with Crippen molar-refractivity contribution in [3.05, 3.63) is 40.7 Å². The molecule has 0 unspecified atom stereocenters. The molecule has 0 radical (unpaired) electrons. The van der Waals surface area contributed by atoms with E-state index in [-0.39, 0.29) is 0 Å².